The minimum Gasteiger partial charge on any atom is -0.409 e. The van der Waals surface area contributed by atoms with Crippen LogP contribution in [-0.4, -0.2) is 35.4 Å². The molecule has 1 unspecified atom stereocenters. The van der Waals surface area contributed by atoms with Crippen LogP contribution >= 0.6 is 0 Å². The maximum absolute atomic E-state index is 12.0. The van der Waals surface area contributed by atoms with E-state index >= 15 is 0 Å². The Balaban J connectivity index is 2.51. The average Bonchev–Trinajstić information content (AvgIpc) is 3.16. The van der Waals surface area contributed by atoms with E-state index in [1.165, 1.54) is 0 Å². The van der Waals surface area contributed by atoms with Gasteiger partial charge >= 0.3 is 0 Å². The number of amides is 2. The zero-order valence-electron chi connectivity index (χ0n) is 11.6. The smallest absolute Gasteiger partial charge is 0.242 e. The molecule has 0 radical (unpaired) electrons. The molecule has 1 atom stereocenters. The van der Waals surface area contributed by atoms with Gasteiger partial charge in [-0.1, -0.05) is 19.0 Å². The van der Waals surface area contributed by atoms with Crippen molar-refractivity contribution in [1.82, 2.24) is 10.6 Å². The highest BCUT2D eigenvalue weighted by molar-refractivity contribution is 6.10. The molecule has 7 nitrogen and oxygen atoms in total. The van der Waals surface area contributed by atoms with E-state index < -0.39 is 11.5 Å². The first kappa shape index (κ1) is 15.3. The van der Waals surface area contributed by atoms with Crippen molar-refractivity contribution in [2.75, 3.05) is 6.54 Å². The third-order valence-corrected chi connectivity index (χ3v) is 3.21. The second-order valence-corrected chi connectivity index (χ2v) is 5.40. The number of nitrogens with two attached hydrogens (primary N) is 1. The van der Waals surface area contributed by atoms with Crippen LogP contribution in [0.15, 0.2) is 5.16 Å². The summed E-state index contributed by atoms with van der Waals surface area (Å²) in [5.41, 5.74) is 4.57. The summed E-state index contributed by atoms with van der Waals surface area (Å²) in [6.45, 7) is 6.14. The van der Waals surface area contributed by atoms with Gasteiger partial charge in [0, 0.05) is 6.54 Å². The number of nitrogens with zero attached hydrogens (tertiary/aromatic N) is 1. The van der Waals surface area contributed by atoms with Crippen molar-refractivity contribution in [2.24, 2.45) is 22.2 Å². The Morgan fingerprint density at radius 3 is 2.37 bits per heavy atom. The summed E-state index contributed by atoms with van der Waals surface area (Å²) in [4.78, 5) is 23.8. The number of amidine groups is 1. The second kappa shape index (κ2) is 5.90. The number of nitrogens with one attached hydrogen (secondary N) is 2. The largest absolute Gasteiger partial charge is 0.409 e. The predicted octanol–water partition coefficient (Wildman–Crippen LogP) is -0.210. The Labute approximate surface area is 112 Å². The average molecular weight is 270 g/mol. The number of rotatable bonds is 6. The van der Waals surface area contributed by atoms with Crippen LogP contribution in [0.3, 0.4) is 0 Å². The van der Waals surface area contributed by atoms with E-state index in [-0.39, 0.29) is 17.6 Å². The topological polar surface area (TPSA) is 117 Å². The van der Waals surface area contributed by atoms with E-state index in [9.17, 15) is 9.59 Å². The van der Waals surface area contributed by atoms with Gasteiger partial charge in [0.1, 0.15) is 11.5 Å². The first-order valence-corrected chi connectivity index (χ1v) is 6.40. The molecule has 7 heteroatoms. The van der Waals surface area contributed by atoms with E-state index in [2.05, 4.69) is 15.8 Å². The van der Waals surface area contributed by atoms with Crippen molar-refractivity contribution >= 4 is 17.6 Å². The van der Waals surface area contributed by atoms with Crippen molar-refractivity contribution in [2.45, 2.75) is 39.7 Å². The second-order valence-electron chi connectivity index (χ2n) is 5.40. The van der Waals surface area contributed by atoms with Gasteiger partial charge in [-0.05, 0) is 25.7 Å². The van der Waals surface area contributed by atoms with Crippen LogP contribution in [0.4, 0.5) is 0 Å². The van der Waals surface area contributed by atoms with Crippen molar-refractivity contribution in [3.05, 3.63) is 0 Å². The molecule has 0 bridgehead atoms. The highest BCUT2D eigenvalue weighted by atomic mass is 16.4. The van der Waals surface area contributed by atoms with Gasteiger partial charge in [0.2, 0.25) is 11.8 Å². The van der Waals surface area contributed by atoms with E-state index in [0.717, 1.165) is 0 Å². The van der Waals surface area contributed by atoms with E-state index in [0.29, 0.717) is 25.3 Å². The number of hydrogen-bond acceptors (Lipinski definition) is 4. The van der Waals surface area contributed by atoms with Gasteiger partial charge in [0.15, 0.2) is 5.84 Å². The van der Waals surface area contributed by atoms with Gasteiger partial charge in [-0.2, -0.15) is 0 Å². The molecule has 0 aromatic heterocycles. The number of carbonyl (C=O) groups excluding carboxylic acids is 2. The lowest BCUT2D eigenvalue weighted by Crippen LogP contribution is -2.50. The van der Waals surface area contributed by atoms with Crippen LogP contribution in [0.2, 0.25) is 0 Å². The summed E-state index contributed by atoms with van der Waals surface area (Å²) in [5.74, 6) is -0.356. The maximum Gasteiger partial charge on any atom is 0.242 e. The highest BCUT2D eigenvalue weighted by Gasteiger charge is 2.54. The molecule has 0 spiro atoms. The summed E-state index contributed by atoms with van der Waals surface area (Å²) < 4.78 is 0. The molecular weight excluding hydrogens is 248 g/mol. The number of hydrogen-bond donors (Lipinski definition) is 4. The van der Waals surface area contributed by atoms with Gasteiger partial charge in [-0.3, -0.25) is 9.59 Å². The van der Waals surface area contributed by atoms with Gasteiger partial charge in [0.05, 0.1) is 0 Å². The van der Waals surface area contributed by atoms with Gasteiger partial charge in [-0.25, -0.2) is 0 Å². The first-order chi connectivity index (χ1) is 8.83. The normalized spacial score (nSPS) is 18.8. The van der Waals surface area contributed by atoms with Crippen molar-refractivity contribution in [3.63, 3.8) is 0 Å². The molecular formula is C12H22N4O3. The molecule has 0 heterocycles. The Morgan fingerprint density at radius 2 is 1.95 bits per heavy atom. The molecule has 1 aliphatic carbocycles. The lowest BCUT2D eigenvalue weighted by molar-refractivity contribution is -0.130. The lowest BCUT2D eigenvalue weighted by atomic mass is 10.0. The van der Waals surface area contributed by atoms with Crippen LogP contribution in [0.5, 0.6) is 0 Å². The number of oxime groups is 1. The Hall–Kier alpha value is -1.79. The lowest BCUT2D eigenvalue weighted by Gasteiger charge is -2.19. The third kappa shape index (κ3) is 3.59. The quantitative estimate of drug-likeness (QED) is 0.231. The predicted molar refractivity (Wildman–Crippen MR) is 70.5 cm³/mol. The maximum atomic E-state index is 12.0. The fraction of sp³-hybridized carbons (Fsp3) is 0.750. The summed E-state index contributed by atoms with van der Waals surface area (Å²) in [6.07, 6.45) is 1.07. The molecule has 1 aliphatic rings. The monoisotopic (exact) mass is 270 g/mol. The zero-order valence-corrected chi connectivity index (χ0v) is 11.6. The molecule has 1 saturated carbocycles. The van der Waals surface area contributed by atoms with E-state index in [1.807, 2.05) is 13.8 Å². The molecule has 19 heavy (non-hydrogen) atoms. The van der Waals surface area contributed by atoms with Crippen LogP contribution in [0.1, 0.15) is 33.6 Å². The van der Waals surface area contributed by atoms with Gasteiger partial charge < -0.3 is 21.6 Å². The minimum absolute atomic E-state index is 0.0974. The summed E-state index contributed by atoms with van der Waals surface area (Å²) in [7, 11) is 0. The first-order valence-electron chi connectivity index (χ1n) is 6.40. The molecule has 0 saturated heterocycles. The fourth-order valence-corrected chi connectivity index (χ4v) is 1.68. The van der Waals surface area contributed by atoms with Crippen LogP contribution in [0, 0.1) is 11.3 Å². The molecule has 0 aromatic carbocycles. The number of carbonyl (C=O) groups is 2. The van der Waals surface area contributed by atoms with Crippen molar-refractivity contribution < 1.29 is 14.8 Å². The molecule has 2 amide bonds. The molecule has 108 valence electrons. The van der Waals surface area contributed by atoms with Gasteiger partial charge in [0.25, 0.3) is 0 Å². The Bertz CT molecular complexity index is 388. The van der Waals surface area contributed by atoms with E-state index in [4.69, 9.17) is 10.9 Å². The summed E-state index contributed by atoms with van der Waals surface area (Å²) in [5, 5.41) is 16.9. The molecule has 5 N–H and O–H groups in total. The molecule has 0 aromatic rings. The molecule has 1 fully saturated rings. The van der Waals surface area contributed by atoms with Crippen LogP contribution in [-0.2, 0) is 9.59 Å². The Morgan fingerprint density at radius 1 is 1.37 bits per heavy atom. The third-order valence-electron chi connectivity index (χ3n) is 3.21. The van der Waals surface area contributed by atoms with Gasteiger partial charge in [-0.15, -0.1) is 0 Å². The zero-order chi connectivity index (χ0) is 14.6. The van der Waals surface area contributed by atoms with Crippen LogP contribution < -0.4 is 16.4 Å². The summed E-state index contributed by atoms with van der Waals surface area (Å²) >= 11 is 0. The summed E-state index contributed by atoms with van der Waals surface area (Å²) in [6, 6.07) is -0.643. The highest BCUT2D eigenvalue weighted by Crippen LogP contribution is 2.46. The standard InChI is InChI=1S/C12H22N4O3/c1-7(2)6-14-9(17)8(3)15-11(18)12(4-5-12)10(13)16-19/h7-8,19H,4-6H2,1-3H3,(H2,13,16)(H,14,17)(H,15,18). The fourth-order valence-electron chi connectivity index (χ4n) is 1.68. The van der Waals surface area contributed by atoms with Crippen molar-refractivity contribution in [1.29, 1.82) is 0 Å². The van der Waals surface area contributed by atoms with Crippen LogP contribution in [0.25, 0.3) is 0 Å². The molecule has 0 aliphatic heterocycles. The van der Waals surface area contributed by atoms with Crippen molar-refractivity contribution in [3.8, 4) is 0 Å². The Kier molecular flexibility index (Phi) is 4.74. The minimum atomic E-state index is -0.929. The molecule has 1 rings (SSSR count). The SMILES string of the molecule is CC(C)CNC(=O)C(C)NC(=O)C1(C(N)=NO)CC1. The van der Waals surface area contributed by atoms with E-state index in [1.54, 1.807) is 6.92 Å².